The summed E-state index contributed by atoms with van der Waals surface area (Å²) in [6.07, 6.45) is -25.3. The Morgan fingerprint density at radius 3 is 0.375 bits per heavy atom. The number of alkyl halides is 20. The molecule has 0 nitrogen and oxygen atoms in total. The average Bonchev–Trinajstić information content (AvgIpc) is 2.47. The number of hydrogen-bond acceptors (Lipinski definition) is 0. The highest BCUT2D eigenvalue weighted by Crippen LogP contribution is 2.39. The molecule has 0 saturated heterocycles. The quantitative estimate of drug-likeness (QED) is 0.243. The van der Waals surface area contributed by atoms with Crippen molar-refractivity contribution in [1.29, 1.82) is 0 Å². The minimum absolute atomic E-state index is 0.433. The third-order valence-corrected chi connectivity index (χ3v) is 2.18. The molecular formula is C12F20. The lowest BCUT2D eigenvalue weighted by Crippen LogP contribution is -2.38. The molecule has 0 N–H and O–H groups in total. The predicted molar refractivity (Wildman–Crippen MR) is 59.6 cm³/mol. The first-order chi connectivity index (χ1) is 13.4. The minimum atomic E-state index is -6.32. The summed E-state index contributed by atoms with van der Waals surface area (Å²) >= 11 is 0. The molecule has 0 aliphatic carbocycles. The van der Waals surface area contributed by atoms with E-state index in [2.05, 4.69) is 0 Å². The van der Waals surface area contributed by atoms with E-state index in [9.17, 15) is 87.8 Å². The molecule has 20 heteroatoms. The van der Waals surface area contributed by atoms with Crippen LogP contribution in [0.2, 0.25) is 0 Å². The summed E-state index contributed by atoms with van der Waals surface area (Å²) in [6, 6.07) is 0. The maximum atomic E-state index is 11.8. The van der Waals surface area contributed by atoms with Crippen LogP contribution >= 0.6 is 0 Å². The van der Waals surface area contributed by atoms with Crippen molar-refractivity contribution in [1.82, 2.24) is 0 Å². The van der Waals surface area contributed by atoms with Gasteiger partial charge in [-0.15, -0.1) is 0 Å². The summed E-state index contributed by atoms with van der Waals surface area (Å²) in [5, 5.41) is 0. The Morgan fingerprint density at radius 2 is 0.312 bits per heavy atom. The molecule has 0 aromatic carbocycles. The van der Waals surface area contributed by atoms with Crippen molar-refractivity contribution in [2.45, 2.75) is 48.4 Å². The lowest BCUT2D eigenvalue weighted by molar-refractivity contribution is -0.260. The standard InChI is InChI=1S/2C6F10/c2*7-3(8,5(11,12)13)1-2-4(9,10)6(14,15)16. The highest BCUT2D eigenvalue weighted by molar-refractivity contribution is 5.20. The lowest BCUT2D eigenvalue weighted by Gasteiger charge is -2.15. The van der Waals surface area contributed by atoms with Crippen molar-refractivity contribution in [2.75, 3.05) is 0 Å². The van der Waals surface area contributed by atoms with Gasteiger partial charge in [0.1, 0.15) is 0 Å². The van der Waals surface area contributed by atoms with Crippen LogP contribution in [0.5, 0.6) is 0 Å². The van der Waals surface area contributed by atoms with E-state index in [1.165, 1.54) is 0 Å². The van der Waals surface area contributed by atoms with Gasteiger partial charge >= 0.3 is 48.4 Å². The predicted octanol–water partition coefficient (Wildman–Crippen LogP) is 6.77. The first-order valence-corrected chi connectivity index (χ1v) is 6.28. The van der Waals surface area contributed by atoms with Crippen molar-refractivity contribution >= 4 is 0 Å². The first kappa shape index (κ1) is 31.9. The summed E-state index contributed by atoms with van der Waals surface area (Å²) in [6.45, 7) is 0. The fourth-order valence-corrected chi connectivity index (χ4v) is 0.597. The van der Waals surface area contributed by atoms with Gasteiger partial charge < -0.3 is 0 Å². The maximum absolute atomic E-state index is 11.8. The van der Waals surface area contributed by atoms with Crippen LogP contribution in [0.3, 0.4) is 0 Å². The van der Waals surface area contributed by atoms with Crippen LogP contribution < -0.4 is 0 Å². The summed E-state index contributed by atoms with van der Waals surface area (Å²) in [4.78, 5) is 0. The molecule has 0 aliphatic heterocycles. The Kier molecular flexibility index (Phi) is 8.90. The molecule has 32 heavy (non-hydrogen) atoms. The summed E-state index contributed by atoms with van der Waals surface area (Å²) in [7, 11) is 0. The molecule has 0 rings (SSSR count). The Labute approximate surface area is 161 Å². The van der Waals surface area contributed by atoms with E-state index in [4.69, 9.17) is 0 Å². The molecule has 0 saturated carbocycles. The zero-order chi connectivity index (χ0) is 26.8. The number of rotatable bonds is 0. The minimum Gasteiger partial charge on any atom is -0.181 e. The van der Waals surface area contributed by atoms with Gasteiger partial charge in [-0.1, -0.05) is 0 Å². The number of hydrogen-bond donors (Lipinski definition) is 0. The summed E-state index contributed by atoms with van der Waals surface area (Å²) in [5.74, 6) is -25.4. The summed E-state index contributed by atoms with van der Waals surface area (Å²) in [5.41, 5.74) is 0. The molecular weight excluding hydrogens is 524 g/mol. The van der Waals surface area contributed by atoms with Gasteiger partial charge in [0.25, 0.3) is 0 Å². The first-order valence-electron chi connectivity index (χ1n) is 6.28. The van der Waals surface area contributed by atoms with E-state index >= 15 is 0 Å². The van der Waals surface area contributed by atoms with E-state index < -0.39 is 72.1 Å². The molecule has 0 fully saturated rings. The van der Waals surface area contributed by atoms with Crippen molar-refractivity contribution in [2.24, 2.45) is 0 Å². The van der Waals surface area contributed by atoms with Gasteiger partial charge in [-0.3, -0.25) is 0 Å². The van der Waals surface area contributed by atoms with Crippen molar-refractivity contribution in [3.8, 4) is 23.7 Å². The van der Waals surface area contributed by atoms with E-state index in [0.29, 0.717) is 0 Å². The summed E-state index contributed by atoms with van der Waals surface area (Å²) < 4.78 is 231. The van der Waals surface area contributed by atoms with Gasteiger partial charge in [0, 0.05) is 0 Å². The Bertz CT molecular complexity index is 620. The average molecular weight is 524 g/mol. The van der Waals surface area contributed by atoms with E-state index in [0.717, 1.165) is 0 Å². The van der Waals surface area contributed by atoms with Crippen molar-refractivity contribution in [3.63, 3.8) is 0 Å². The molecule has 0 atom stereocenters. The molecule has 0 aromatic rings. The monoisotopic (exact) mass is 524 g/mol. The van der Waals surface area contributed by atoms with Crippen molar-refractivity contribution < 1.29 is 87.8 Å². The fraction of sp³-hybridized carbons (Fsp3) is 0.667. The van der Waals surface area contributed by atoms with Gasteiger partial charge in [-0.25, -0.2) is 0 Å². The second kappa shape index (κ2) is 8.93. The van der Waals surface area contributed by atoms with Gasteiger partial charge in [0.05, 0.1) is 0 Å². The maximum Gasteiger partial charge on any atom is 0.466 e. The zero-order valence-corrected chi connectivity index (χ0v) is 13.6. The Morgan fingerprint density at radius 1 is 0.219 bits per heavy atom. The van der Waals surface area contributed by atoms with Crippen LogP contribution in [0, 0.1) is 23.7 Å². The van der Waals surface area contributed by atoms with Crippen LogP contribution in [0.4, 0.5) is 87.8 Å². The molecule has 0 amide bonds. The molecule has 0 unspecified atom stereocenters. The van der Waals surface area contributed by atoms with Crippen LogP contribution in [-0.4, -0.2) is 48.4 Å². The highest BCUT2D eigenvalue weighted by Gasteiger charge is 2.61. The SMILES string of the molecule is FC(F)(F)C(F)(F)C#CC(F)(F)C(F)(F)F.FC(F)(F)C(F)(F)C#CC(F)(F)C(F)(F)F. The third-order valence-electron chi connectivity index (χ3n) is 2.18. The number of halogens is 20. The van der Waals surface area contributed by atoms with Crippen LogP contribution in [0.1, 0.15) is 0 Å². The van der Waals surface area contributed by atoms with Gasteiger partial charge in [-0.05, 0) is 23.7 Å². The molecule has 0 spiro atoms. The third kappa shape index (κ3) is 8.69. The normalized spacial score (nSPS) is 14.4. The van der Waals surface area contributed by atoms with Gasteiger partial charge in [0.2, 0.25) is 0 Å². The molecule has 0 heterocycles. The Balaban J connectivity index is 0. The van der Waals surface area contributed by atoms with E-state index in [1.54, 1.807) is 0 Å². The van der Waals surface area contributed by atoms with Gasteiger partial charge in [-0.2, -0.15) is 87.8 Å². The molecule has 0 radical (unpaired) electrons. The van der Waals surface area contributed by atoms with Crippen LogP contribution in [0.15, 0.2) is 0 Å². The second-order valence-corrected chi connectivity index (χ2v) is 4.79. The largest absolute Gasteiger partial charge is 0.466 e. The molecule has 0 aromatic heterocycles. The van der Waals surface area contributed by atoms with Crippen molar-refractivity contribution in [3.05, 3.63) is 0 Å². The fourth-order valence-electron chi connectivity index (χ4n) is 0.597. The lowest BCUT2D eigenvalue weighted by atomic mass is 10.2. The van der Waals surface area contributed by atoms with E-state index in [1.807, 2.05) is 0 Å². The topological polar surface area (TPSA) is 0 Å². The molecule has 188 valence electrons. The highest BCUT2D eigenvalue weighted by atomic mass is 19.4. The second-order valence-electron chi connectivity index (χ2n) is 4.79. The smallest absolute Gasteiger partial charge is 0.181 e. The van der Waals surface area contributed by atoms with E-state index in [-0.39, 0.29) is 0 Å². The zero-order valence-electron chi connectivity index (χ0n) is 13.6. The van der Waals surface area contributed by atoms with Crippen LogP contribution in [-0.2, 0) is 0 Å². The van der Waals surface area contributed by atoms with Gasteiger partial charge in [0.15, 0.2) is 0 Å². The molecule has 0 aliphatic rings. The molecule has 0 bridgehead atoms. The Hall–Kier alpha value is -2.28. The van der Waals surface area contributed by atoms with Crippen LogP contribution in [0.25, 0.3) is 0 Å².